The highest BCUT2D eigenvalue weighted by molar-refractivity contribution is 6.08. The van der Waals surface area contributed by atoms with Crippen molar-refractivity contribution in [3.05, 3.63) is 85.1 Å². The summed E-state index contributed by atoms with van der Waals surface area (Å²) in [6.07, 6.45) is 0.648. The molecule has 9 nitrogen and oxygen atoms in total. The van der Waals surface area contributed by atoms with E-state index in [4.69, 9.17) is 0 Å². The van der Waals surface area contributed by atoms with Gasteiger partial charge >= 0.3 is 0 Å². The van der Waals surface area contributed by atoms with Crippen molar-refractivity contribution in [2.75, 3.05) is 4.90 Å². The molecule has 1 aliphatic heterocycles. The molecule has 1 aliphatic carbocycles. The number of aryl methyl sites for hydroxylation is 1. The van der Waals surface area contributed by atoms with Crippen molar-refractivity contribution in [3.63, 3.8) is 0 Å². The van der Waals surface area contributed by atoms with Gasteiger partial charge in [-0.15, -0.1) is 0 Å². The maximum Gasteiger partial charge on any atom is 0.271 e. The Bertz CT molecular complexity index is 1250. The number of nitro benzene ring substituents is 2. The van der Waals surface area contributed by atoms with E-state index in [1.54, 1.807) is 25.1 Å². The minimum atomic E-state index is -0.605. The first-order valence-electron chi connectivity index (χ1n) is 10.6. The zero-order valence-corrected chi connectivity index (χ0v) is 18.5. The average Bonchev–Trinajstić information content (AvgIpc) is 2.73. The van der Waals surface area contributed by atoms with Gasteiger partial charge in [-0.05, 0) is 29.9 Å². The van der Waals surface area contributed by atoms with E-state index < -0.39 is 21.2 Å². The zero-order valence-electron chi connectivity index (χ0n) is 18.5. The normalized spacial score (nSPS) is 20.0. The molecule has 1 amide bonds. The molecule has 170 valence electrons. The third-order valence-corrected chi connectivity index (χ3v) is 6.27. The molecule has 9 heteroatoms. The van der Waals surface area contributed by atoms with Gasteiger partial charge in [0.25, 0.3) is 11.4 Å². The maximum atomic E-state index is 13.5. The third-order valence-electron chi connectivity index (χ3n) is 6.27. The molecule has 0 spiro atoms. The van der Waals surface area contributed by atoms with Gasteiger partial charge in [0.15, 0.2) is 5.78 Å². The van der Waals surface area contributed by atoms with E-state index in [1.807, 2.05) is 13.8 Å². The first-order chi connectivity index (χ1) is 15.5. The van der Waals surface area contributed by atoms with Crippen LogP contribution in [0.2, 0.25) is 0 Å². The highest BCUT2D eigenvalue weighted by Gasteiger charge is 2.45. The van der Waals surface area contributed by atoms with Crippen molar-refractivity contribution >= 4 is 28.8 Å². The number of rotatable bonds is 4. The smallest absolute Gasteiger partial charge is 0.271 e. The fourth-order valence-electron chi connectivity index (χ4n) is 4.79. The summed E-state index contributed by atoms with van der Waals surface area (Å²) in [5.74, 6) is -1.02. The molecule has 2 aliphatic rings. The van der Waals surface area contributed by atoms with Gasteiger partial charge in [0, 0.05) is 54.3 Å². The molecule has 4 rings (SSSR count). The van der Waals surface area contributed by atoms with Crippen molar-refractivity contribution in [3.8, 4) is 0 Å². The van der Waals surface area contributed by atoms with Gasteiger partial charge in [0.1, 0.15) is 0 Å². The van der Waals surface area contributed by atoms with E-state index in [0.29, 0.717) is 34.5 Å². The van der Waals surface area contributed by atoms with Gasteiger partial charge in [0.05, 0.1) is 15.5 Å². The summed E-state index contributed by atoms with van der Waals surface area (Å²) in [5.41, 5.74) is 1.90. The van der Waals surface area contributed by atoms with Crippen molar-refractivity contribution in [2.24, 2.45) is 5.41 Å². The second-order valence-electron chi connectivity index (χ2n) is 9.37. The second-order valence-corrected chi connectivity index (χ2v) is 9.37. The predicted molar refractivity (Wildman–Crippen MR) is 121 cm³/mol. The number of allylic oxidation sites excluding steroid dienone is 2. The molecule has 0 radical (unpaired) electrons. The fourth-order valence-corrected chi connectivity index (χ4v) is 4.79. The van der Waals surface area contributed by atoms with Crippen LogP contribution in [0.4, 0.5) is 17.1 Å². The molecule has 0 saturated heterocycles. The minimum Gasteiger partial charge on any atom is -0.294 e. The largest absolute Gasteiger partial charge is 0.294 e. The van der Waals surface area contributed by atoms with E-state index in [9.17, 15) is 29.8 Å². The van der Waals surface area contributed by atoms with E-state index in [0.717, 1.165) is 0 Å². The highest BCUT2D eigenvalue weighted by atomic mass is 16.6. The summed E-state index contributed by atoms with van der Waals surface area (Å²) in [4.78, 5) is 49.9. The Hall–Kier alpha value is -3.88. The van der Waals surface area contributed by atoms with E-state index in [1.165, 1.54) is 29.2 Å². The SMILES string of the molecule is Cc1ccc([N+](=O)[O-])cc1N1C(=O)CC(c2cccc([N+](=O)[O-])c2)C2=C1CC(C)(C)CC2=O. The van der Waals surface area contributed by atoms with Crippen LogP contribution in [0, 0.1) is 32.6 Å². The molecular weight excluding hydrogens is 426 g/mol. The van der Waals surface area contributed by atoms with Crippen LogP contribution in [0.25, 0.3) is 0 Å². The lowest BCUT2D eigenvalue weighted by Crippen LogP contribution is -2.44. The molecule has 0 N–H and O–H groups in total. The molecule has 2 aromatic carbocycles. The Kier molecular flexibility index (Phi) is 5.35. The molecular formula is C24H23N3O6. The third kappa shape index (κ3) is 4.02. The Morgan fingerprint density at radius 2 is 1.64 bits per heavy atom. The lowest BCUT2D eigenvalue weighted by Gasteiger charge is -2.43. The van der Waals surface area contributed by atoms with Crippen LogP contribution in [-0.2, 0) is 9.59 Å². The number of carbonyl (C=O) groups is 2. The zero-order chi connectivity index (χ0) is 24.1. The van der Waals surface area contributed by atoms with Crippen molar-refractivity contribution in [1.82, 2.24) is 0 Å². The lowest BCUT2D eigenvalue weighted by atomic mass is 9.69. The minimum absolute atomic E-state index is 0.0612. The number of ketones is 1. The molecule has 0 bridgehead atoms. The van der Waals surface area contributed by atoms with Crippen LogP contribution in [0.1, 0.15) is 50.2 Å². The monoisotopic (exact) mass is 449 g/mol. The van der Waals surface area contributed by atoms with Gasteiger partial charge in [-0.1, -0.05) is 32.0 Å². The van der Waals surface area contributed by atoms with Crippen LogP contribution in [0.15, 0.2) is 53.7 Å². The number of non-ortho nitro benzene ring substituents is 2. The van der Waals surface area contributed by atoms with Gasteiger partial charge in [-0.2, -0.15) is 0 Å². The summed E-state index contributed by atoms with van der Waals surface area (Å²) in [5, 5.41) is 22.7. The van der Waals surface area contributed by atoms with Gasteiger partial charge in [-0.25, -0.2) is 0 Å². The Morgan fingerprint density at radius 1 is 0.970 bits per heavy atom. The van der Waals surface area contributed by atoms with Crippen LogP contribution < -0.4 is 4.90 Å². The molecule has 0 fully saturated rings. The van der Waals surface area contributed by atoms with Crippen molar-refractivity contribution in [2.45, 2.75) is 46.0 Å². The fraction of sp³-hybridized carbons (Fsp3) is 0.333. The van der Waals surface area contributed by atoms with Gasteiger partial charge in [-0.3, -0.25) is 34.7 Å². The molecule has 0 saturated carbocycles. The summed E-state index contributed by atoms with van der Waals surface area (Å²) >= 11 is 0. The molecule has 33 heavy (non-hydrogen) atoms. The van der Waals surface area contributed by atoms with E-state index in [2.05, 4.69) is 0 Å². The summed E-state index contributed by atoms with van der Waals surface area (Å²) in [7, 11) is 0. The number of amides is 1. The maximum absolute atomic E-state index is 13.5. The number of nitro groups is 2. The number of anilines is 1. The lowest BCUT2D eigenvalue weighted by molar-refractivity contribution is -0.385. The van der Waals surface area contributed by atoms with Gasteiger partial charge < -0.3 is 0 Å². The number of hydrogen-bond donors (Lipinski definition) is 0. The van der Waals surface area contributed by atoms with E-state index in [-0.39, 0.29) is 35.9 Å². The molecule has 0 aromatic heterocycles. The first-order valence-corrected chi connectivity index (χ1v) is 10.6. The van der Waals surface area contributed by atoms with Crippen LogP contribution in [-0.4, -0.2) is 21.5 Å². The number of nitrogens with zero attached hydrogens (tertiary/aromatic N) is 3. The summed E-state index contributed by atoms with van der Waals surface area (Å²) < 4.78 is 0. The molecule has 2 aromatic rings. The topological polar surface area (TPSA) is 124 Å². The first kappa shape index (κ1) is 22.3. The Balaban J connectivity index is 1.93. The Morgan fingerprint density at radius 3 is 2.30 bits per heavy atom. The number of carbonyl (C=O) groups excluding carboxylic acids is 2. The summed E-state index contributed by atoms with van der Waals surface area (Å²) in [6, 6.07) is 10.3. The number of Topliss-reactive ketones (excluding diaryl/α,β-unsaturated/α-hetero) is 1. The van der Waals surface area contributed by atoms with Crippen LogP contribution >= 0.6 is 0 Å². The second kappa shape index (κ2) is 7.91. The molecule has 1 atom stereocenters. The van der Waals surface area contributed by atoms with Crippen LogP contribution in [0.5, 0.6) is 0 Å². The van der Waals surface area contributed by atoms with Crippen LogP contribution in [0.3, 0.4) is 0 Å². The quantitative estimate of drug-likeness (QED) is 0.479. The Labute approximate surface area is 190 Å². The van der Waals surface area contributed by atoms with Crippen molar-refractivity contribution in [1.29, 1.82) is 0 Å². The predicted octanol–water partition coefficient (Wildman–Crippen LogP) is 4.98. The van der Waals surface area contributed by atoms with Gasteiger partial charge in [0.2, 0.25) is 5.91 Å². The molecule has 1 heterocycles. The van der Waals surface area contributed by atoms with Crippen molar-refractivity contribution < 1.29 is 19.4 Å². The average molecular weight is 449 g/mol. The number of hydrogen-bond acceptors (Lipinski definition) is 6. The molecule has 1 unspecified atom stereocenters. The number of benzene rings is 2. The van der Waals surface area contributed by atoms with E-state index >= 15 is 0 Å². The highest BCUT2D eigenvalue weighted by Crippen LogP contribution is 2.49. The summed E-state index contributed by atoms with van der Waals surface area (Å²) in [6.45, 7) is 5.64. The standard InChI is InChI=1S/C24H23N3O6/c1-14-7-8-17(27(32)33)10-19(14)25-20-12-24(2,3)13-21(28)23(20)18(11-22(25)29)15-5-4-6-16(9-15)26(30)31/h4-10,18H,11-13H2,1-3H3.